The number of methoxy groups -OCH3 is 1. The number of likely N-dealkylation sites (N-methyl/N-ethyl adjacent to an activating group) is 1. The number of fused-ring (bicyclic) bond motifs is 1. The Hall–Kier alpha value is -2.18. The number of hydroxylamine groups is 3. The number of piperazine rings is 1. The first-order valence-corrected chi connectivity index (χ1v) is 11.2. The summed E-state index contributed by atoms with van der Waals surface area (Å²) in [5.74, 6) is 1.50. The summed E-state index contributed by atoms with van der Waals surface area (Å²) < 4.78 is 11.7. The molecule has 0 atom stereocenters. The molecule has 0 saturated carbocycles. The fourth-order valence-corrected chi connectivity index (χ4v) is 4.39. The van der Waals surface area contributed by atoms with Gasteiger partial charge < -0.3 is 24.2 Å². The molecule has 164 valence electrons. The molecule has 0 unspecified atom stereocenters. The zero-order valence-electron chi connectivity index (χ0n) is 17.7. The van der Waals surface area contributed by atoms with Crippen LogP contribution in [0.4, 0.5) is 5.69 Å². The largest absolute Gasteiger partial charge is 0.633 e. The lowest BCUT2D eigenvalue weighted by Gasteiger charge is -2.48. The first-order chi connectivity index (χ1) is 14.9. The van der Waals surface area contributed by atoms with Gasteiger partial charge in [0.1, 0.15) is 18.1 Å². The minimum Gasteiger partial charge on any atom is -0.633 e. The molecule has 4 rings (SSSR count). The highest BCUT2D eigenvalue weighted by Gasteiger charge is 2.24. The standard InChI is InChI=1S/C24H26Cl2N2O3/c1-3-28(29)13-11-27(12-14-28)18-8-7-17(23(15-18)30-2)16-31-22-6-4-5-20-19(22)9-10-21(25)24(20)26/h4-10,15H,3,11-14,16H2,1-2H3. The molecular formula is C24H26Cl2N2O3. The lowest BCUT2D eigenvalue weighted by molar-refractivity contribution is -0.879. The molecule has 0 radical (unpaired) electrons. The summed E-state index contributed by atoms with van der Waals surface area (Å²) in [5, 5.41) is 15.3. The van der Waals surface area contributed by atoms with Crippen LogP contribution in [0, 0.1) is 5.21 Å². The van der Waals surface area contributed by atoms with E-state index in [1.165, 1.54) is 0 Å². The van der Waals surface area contributed by atoms with Crippen LogP contribution in [0.15, 0.2) is 48.5 Å². The zero-order chi connectivity index (χ0) is 22.0. The van der Waals surface area contributed by atoms with Crippen molar-refractivity contribution in [3.8, 4) is 11.5 Å². The van der Waals surface area contributed by atoms with E-state index < -0.39 is 0 Å². The van der Waals surface area contributed by atoms with Crippen LogP contribution in [0.3, 0.4) is 0 Å². The molecule has 3 aromatic carbocycles. The third kappa shape index (κ3) is 4.55. The summed E-state index contributed by atoms with van der Waals surface area (Å²) >= 11 is 12.5. The van der Waals surface area contributed by atoms with Crippen molar-refractivity contribution >= 4 is 39.7 Å². The maximum Gasteiger partial charge on any atom is 0.127 e. The number of hydrogen-bond donors (Lipinski definition) is 0. The van der Waals surface area contributed by atoms with Crippen LogP contribution in [0.25, 0.3) is 10.8 Å². The van der Waals surface area contributed by atoms with Crippen molar-refractivity contribution < 1.29 is 14.1 Å². The van der Waals surface area contributed by atoms with Crippen LogP contribution >= 0.6 is 23.2 Å². The van der Waals surface area contributed by atoms with Gasteiger partial charge in [-0.3, -0.25) is 0 Å². The SMILES string of the molecule is CC[N+]1([O-])CCN(c2ccc(COc3cccc4c(Cl)c(Cl)ccc34)c(OC)c2)CC1. The maximum absolute atomic E-state index is 12.5. The number of nitrogens with zero attached hydrogens (tertiary/aromatic N) is 2. The van der Waals surface area contributed by atoms with Gasteiger partial charge in [0.2, 0.25) is 0 Å². The summed E-state index contributed by atoms with van der Waals surface area (Å²) in [6.07, 6.45) is 0. The molecule has 1 fully saturated rings. The lowest BCUT2D eigenvalue weighted by Crippen LogP contribution is -2.56. The Bertz CT molecular complexity index is 1080. The first kappa shape index (κ1) is 22.0. The molecule has 1 saturated heterocycles. The lowest BCUT2D eigenvalue weighted by atomic mass is 10.1. The number of benzene rings is 3. The van der Waals surface area contributed by atoms with Crippen molar-refractivity contribution in [3.63, 3.8) is 0 Å². The summed E-state index contributed by atoms with van der Waals surface area (Å²) in [4.78, 5) is 2.24. The Kier molecular flexibility index (Phi) is 6.49. The Morgan fingerprint density at radius 1 is 1.00 bits per heavy atom. The molecule has 0 N–H and O–H groups in total. The molecular weight excluding hydrogens is 435 g/mol. The Morgan fingerprint density at radius 2 is 1.77 bits per heavy atom. The van der Waals surface area contributed by atoms with E-state index in [1.807, 2.05) is 43.3 Å². The number of quaternary nitrogens is 1. The van der Waals surface area contributed by atoms with E-state index in [4.69, 9.17) is 32.7 Å². The summed E-state index contributed by atoms with van der Waals surface area (Å²) in [6.45, 7) is 5.65. The predicted molar refractivity (Wildman–Crippen MR) is 127 cm³/mol. The smallest absolute Gasteiger partial charge is 0.127 e. The molecule has 0 aliphatic carbocycles. The van der Waals surface area contributed by atoms with Crippen molar-refractivity contribution in [2.75, 3.05) is 44.7 Å². The van der Waals surface area contributed by atoms with Crippen LogP contribution in [-0.2, 0) is 6.61 Å². The molecule has 3 aromatic rings. The van der Waals surface area contributed by atoms with E-state index in [0.717, 1.165) is 46.6 Å². The van der Waals surface area contributed by atoms with Gasteiger partial charge in [0.15, 0.2) is 0 Å². The minimum absolute atomic E-state index is 0.111. The van der Waals surface area contributed by atoms with Crippen LogP contribution in [-0.4, -0.2) is 44.5 Å². The molecule has 0 amide bonds. The third-order valence-electron chi connectivity index (χ3n) is 6.06. The Labute approximate surface area is 192 Å². The van der Waals surface area contributed by atoms with Gasteiger partial charge in [-0.2, -0.15) is 0 Å². The van der Waals surface area contributed by atoms with Crippen molar-refractivity contribution in [3.05, 3.63) is 69.3 Å². The molecule has 1 aliphatic heterocycles. The molecule has 0 aromatic heterocycles. The van der Waals surface area contributed by atoms with Gasteiger partial charge in [0.25, 0.3) is 0 Å². The van der Waals surface area contributed by atoms with Gasteiger partial charge in [-0.15, -0.1) is 0 Å². The number of ether oxygens (including phenoxy) is 2. The molecule has 0 bridgehead atoms. The Balaban J connectivity index is 1.51. The van der Waals surface area contributed by atoms with E-state index >= 15 is 0 Å². The van der Waals surface area contributed by atoms with E-state index in [1.54, 1.807) is 13.2 Å². The van der Waals surface area contributed by atoms with Gasteiger partial charge in [-0.05, 0) is 37.3 Å². The quantitative estimate of drug-likeness (QED) is 0.339. The summed E-state index contributed by atoms with van der Waals surface area (Å²) in [5.41, 5.74) is 2.01. The third-order valence-corrected chi connectivity index (χ3v) is 6.88. The number of hydrogen-bond acceptors (Lipinski definition) is 4. The average molecular weight is 461 g/mol. The molecule has 5 nitrogen and oxygen atoms in total. The monoisotopic (exact) mass is 460 g/mol. The highest BCUT2D eigenvalue weighted by molar-refractivity contribution is 6.45. The molecule has 1 aliphatic rings. The highest BCUT2D eigenvalue weighted by atomic mass is 35.5. The van der Waals surface area contributed by atoms with Gasteiger partial charge in [-0.1, -0.05) is 35.3 Å². The normalized spacial score (nSPS) is 15.8. The average Bonchev–Trinajstić information content (AvgIpc) is 2.80. The van der Waals surface area contributed by atoms with Crippen LogP contribution in [0.2, 0.25) is 10.0 Å². The van der Waals surface area contributed by atoms with Gasteiger partial charge >= 0.3 is 0 Å². The maximum atomic E-state index is 12.5. The minimum atomic E-state index is -0.111. The Morgan fingerprint density at radius 3 is 2.48 bits per heavy atom. The van der Waals surface area contributed by atoms with Crippen molar-refractivity contribution in [2.24, 2.45) is 0 Å². The van der Waals surface area contributed by atoms with E-state index in [2.05, 4.69) is 11.0 Å². The molecule has 7 heteroatoms. The second-order valence-corrected chi connectivity index (χ2v) is 8.59. The number of rotatable bonds is 6. The van der Waals surface area contributed by atoms with Gasteiger partial charge in [-0.25, -0.2) is 0 Å². The second-order valence-electron chi connectivity index (χ2n) is 7.81. The van der Waals surface area contributed by atoms with Gasteiger partial charge in [0.05, 0.1) is 49.9 Å². The topological polar surface area (TPSA) is 44.8 Å². The van der Waals surface area contributed by atoms with Crippen LogP contribution in [0.5, 0.6) is 11.5 Å². The summed E-state index contributed by atoms with van der Waals surface area (Å²) in [6, 6.07) is 15.6. The highest BCUT2D eigenvalue weighted by Crippen LogP contribution is 2.36. The van der Waals surface area contributed by atoms with E-state index in [-0.39, 0.29) is 4.65 Å². The zero-order valence-corrected chi connectivity index (χ0v) is 19.2. The fraction of sp³-hybridized carbons (Fsp3) is 0.333. The molecule has 1 heterocycles. The summed E-state index contributed by atoms with van der Waals surface area (Å²) in [7, 11) is 1.66. The second kappa shape index (κ2) is 9.13. The van der Waals surface area contributed by atoms with E-state index in [0.29, 0.717) is 36.3 Å². The number of anilines is 1. The first-order valence-electron chi connectivity index (χ1n) is 10.4. The molecule has 31 heavy (non-hydrogen) atoms. The van der Waals surface area contributed by atoms with Crippen molar-refractivity contribution in [2.45, 2.75) is 13.5 Å². The van der Waals surface area contributed by atoms with E-state index in [9.17, 15) is 5.21 Å². The van der Waals surface area contributed by atoms with Crippen LogP contribution < -0.4 is 14.4 Å². The van der Waals surface area contributed by atoms with Crippen molar-refractivity contribution in [1.82, 2.24) is 0 Å². The van der Waals surface area contributed by atoms with Crippen molar-refractivity contribution in [1.29, 1.82) is 0 Å². The molecule has 0 spiro atoms. The van der Waals surface area contributed by atoms with Gasteiger partial charge in [0, 0.05) is 28.1 Å². The fourth-order valence-electron chi connectivity index (χ4n) is 4.00. The predicted octanol–water partition coefficient (Wildman–Crippen LogP) is 5.89. The van der Waals surface area contributed by atoms with Crippen LogP contribution in [0.1, 0.15) is 12.5 Å². The number of halogens is 2.